The second kappa shape index (κ2) is 7.04. The molecule has 120 valence electrons. The summed E-state index contributed by atoms with van der Waals surface area (Å²) in [6, 6.07) is 11.7. The first-order valence-electron chi connectivity index (χ1n) is 6.77. The van der Waals surface area contributed by atoms with Gasteiger partial charge in [0.1, 0.15) is 6.54 Å². The fourth-order valence-corrected chi connectivity index (χ4v) is 1.89. The molecule has 0 atom stereocenters. The van der Waals surface area contributed by atoms with Gasteiger partial charge in [0.15, 0.2) is 18.2 Å². The number of ketones is 1. The third-order valence-electron chi connectivity index (χ3n) is 3.00. The lowest BCUT2D eigenvalue weighted by Gasteiger charge is -2.06. The third-order valence-corrected chi connectivity index (χ3v) is 3.00. The predicted molar refractivity (Wildman–Crippen MR) is 75.6 cm³/mol. The van der Waals surface area contributed by atoms with Crippen LogP contribution in [-0.4, -0.2) is 24.4 Å². The largest absolute Gasteiger partial charge is 0.405 e. The van der Waals surface area contributed by atoms with E-state index in [9.17, 15) is 22.8 Å². The zero-order valence-electron chi connectivity index (χ0n) is 12.0. The number of aromatic nitrogens is 1. The molecule has 0 aliphatic rings. The molecular weight excluding hydrogens is 309 g/mol. The molecule has 0 aliphatic heterocycles. The fourth-order valence-electron chi connectivity index (χ4n) is 1.89. The summed E-state index contributed by atoms with van der Waals surface area (Å²) in [5.74, 6) is -0.922. The van der Waals surface area contributed by atoms with Crippen molar-refractivity contribution in [2.45, 2.75) is 12.7 Å². The van der Waals surface area contributed by atoms with Crippen molar-refractivity contribution >= 4 is 11.7 Å². The number of nitrogens with zero attached hydrogens (tertiary/aromatic N) is 1. The van der Waals surface area contributed by atoms with Gasteiger partial charge in [-0.25, -0.2) is 0 Å². The molecule has 0 aliphatic carbocycles. The lowest BCUT2D eigenvalue weighted by molar-refractivity contribution is -0.684. The second-order valence-corrected chi connectivity index (χ2v) is 4.85. The zero-order valence-corrected chi connectivity index (χ0v) is 12.0. The van der Waals surface area contributed by atoms with Crippen molar-refractivity contribution in [1.82, 2.24) is 5.32 Å². The Kier molecular flexibility index (Phi) is 5.10. The molecule has 0 saturated carbocycles. The molecule has 1 amide bonds. The Morgan fingerprint density at radius 2 is 1.52 bits per heavy atom. The summed E-state index contributed by atoms with van der Waals surface area (Å²) >= 11 is 0. The van der Waals surface area contributed by atoms with E-state index in [1.165, 1.54) is 29.1 Å². The number of pyridine rings is 1. The highest BCUT2D eigenvalue weighted by atomic mass is 19.4. The molecular formula is C16H14F3N2O2+. The lowest BCUT2D eigenvalue weighted by Crippen LogP contribution is -2.44. The molecule has 4 nitrogen and oxygen atoms in total. The van der Waals surface area contributed by atoms with E-state index in [1.807, 2.05) is 0 Å². The van der Waals surface area contributed by atoms with Gasteiger partial charge in [0.25, 0.3) is 5.91 Å². The maximum absolute atomic E-state index is 12.2. The van der Waals surface area contributed by atoms with E-state index >= 15 is 0 Å². The van der Waals surface area contributed by atoms with Gasteiger partial charge in [-0.15, -0.1) is 0 Å². The van der Waals surface area contributed by atoms with Gasteiger partial charge in [-0.3, -0.25) is 9.59 Å². The van der Waals surface area contributed by atoms with Crippen molar-refractivity contribution in [2.75, 3.05) is 6.54 Å². The van der Waals surface area contributed by atoms with Gasteiger partial charge in [-0.1, -0.05) is 30.3 Å². The van der Waals surface area contributed by atoms with Crippen LogP contribution in [0.25, 0.3) is 0 Å². The van der Waals surface area contributed by atoms with Gasteiger partial charge in [0.05, 0.1) is 0 Å². The zero-order chi connectivity index (χ0) is 16.9. The van der Waals surface area contributed by atoms with Crippen molar-refractivity contribution in [1.29, 1.82) is 0 Å². The summed E-state index contributed by atoms with van der Waals surface area (Å²) in [4.78, 5) is 23.6. The molecule has 0 bridgehead atoms. The quantitative estimate of drug-likeness (QED) is 0.675. The van der Waals surface area contributed by atoms with Crippen molar-refractivity contribution in [3.63, 3.8) is 0 Å². The molecule has 2 rings (SSSR count). The minimum absolute atomic E-state index is 0.167. The topological polar surface area (TPSA) is 50.0 Å². The van der Waals surface area contributed by atoms with E-state index in [0.29, 0.717) is 11.1 Å². The Hall–Kier alpha value is -2.70. The van der Waals surface area contributed by atoms with Crippen LogP contribution in [0, 0.1) is 0 Å². The minimum Gasteiger partial charge on any atom is -0.341 e. The highest BCUT2D eigenvalue weighted by Crippen LogP contribution is 2.12. The number of benzene rings is 1. The van der Waals surface area contributed by atoms with Crippen LogP contribution in [0.5, 0.6) is 0 Å². The Morgan fingerprint density at radius 1 is 0.957 bits per heavy atom. The number of hydrogen-bond acceptors (Lipinski definition) is 2. The Labute approximate surface area is 130 Å². The van der Waals surface area contributed by atoms with Crippen LogP contribution in [0.15, 0.2) is 54.9 Å². The summed E-state index contributed by atoms with van der Waals surface area (Å²) in [6.07, 6.45) is -1.49. The minimum atomic E-state index is -4.44. The SMILES string of the molecule is O=C(C[n+]1ccc(C(=O)c2ccccc2)cc1)NCC(F)(F)F. The number of hydrogen-bond donors (Lipinski definition) is 1. The van der Waals surface area contributed by atoms with Gasteiger partial charge in [-0.05, 0) is 0 Å². The van der Waals surface area contributed by atoms with E-state index in [-0.39, 0.29) is 12.3 Å². The highest BCUT2D eigenvalue weighted by Gasteiger charge is 2.28. The first-order valence-corrected chi connectivity index (χ1v) is 6.77. The molecule has 0 unspecified atom stereocenters. The van der Waals surface area contributed by atoms with Crippen LogP contribution in [0.1, 0.15) is 15.9 Å². The lowest BCUT2D eigenvalue weighted by atomic mass is 10.0. The number of carbonyl (C=O) groups excluding carboxylic acids is 2. The Balaban J connectivity index is 1.97. The summed E-state index contributed by atoms with van der Waals surface area (Å²) in [5, 5.41) is 1.78. The number of nitrogens with one attached hydrogen (secondary N) is 1. The molecule has 0 spiro atoms. The van der Waals surface area contributed by atoms with Crippen molar-refractivity contribution < 1.29 is 27.3 Å². The predicted octanol–water partition coefficient (Wildman–Crippen LogP) is 1.88. The molecule has 1 aromatic carbocycles. The molecule has 0 radical (unpaired) electrons. The van der Waals surface area contributed by atoms with Crippen LogP contribution in [0.3, 0.4) is 0 Å². The molecule has 1 heterocycles. The van der Waals surface area contributed by atoms with Crippen LogP contribution < -0.4 is 9.88 Å². The van der Waals surface area contributed by atoms with Gasteiger partial charge < -0.3 is 5.32 Å². The average Bonchev–Trinajstić information content (AvgIpc) is 2.53. The monoisotopic (exact) mass is 323 g/mol. The first kappa shape index (κ1) is 16.7. The van der Waals surface area contributed by atoms with Crippen molar-refractivity contribution in [3.05, 3.63) is 66.0 Å². The summed E-state index contributed by atoms with van der Waals surface area (Å²) in [7, 11) is 0. The van der Waals surface area contributed by atoms with Crippen LogP contribution in [0.2, 0.25) is 0 Å². The van der Waals surface area contributed by atoms with Crippen molar-refractivity contribution in [3.8, 4) is 0 Å². The van der Waals surface area contributed by atoms with E-state index < -0.39 is 18.6 Å². The normalized spacial score (nSPS) is 11.1. The maximum Gasteiger partial charge on any atom is 0.405 e. The molecule has 1 aromatic heterocycles. The summed E-state index contributed by atoms with van der Waals surface area (Å²) in [5.41, 5.74) is 0.969. The molecule has 0 fully saturated rings. The average molecular weight is 323 g/mol. The molecule has 0 saturated heterocycles. The third kappa shape index (κ3) is 5.21. The Bertz CT molecular complexity index is 683. The molecule has 23 heavy (non-hydrogen) atoms. The van der Waals surface area contributed by atoms with Crippen LogP contribution in [-0.2, 0) is 11.3 Å². The smallest absolute Gasteiger partial charge is 0.341 e. The maximum atomic E-state index is 12.2. The number of amides is 1. The second-order valence-electron chi connectivity index (χ2n) is 4.85. The summed E-state index contributed by atoms with van der Waals surface area (Å²) in [6.45, 7) is -1.62. The van der Waals surface area contributed by atoms with Gasteiger partial charge >= 0.3 is 6.18 Å². The van der Waals surface area contributed by atoms with E-state index in [1.54, 1.807) is 35.6 Å². The fraction of sp³-hybridized carbons (Fsp3) is 0.188. The van der Waals surface area contributed by atoms with E-state index in [4.69, 9.17) is 0 Å². The molecule has 2 aromatic rings. The highest BCUT2D eigenvalue weighted by molar-refractivity contribution is 6.08. The summed E-state index contributed by atoms with van der Waals surface area (Å²) < 4.78 is 37.4. The van der Waals surface area contributed by atoms with Crippen LogP contribution in [0.4, 0.5) is 13.2 Å². The Morgan fingerprint density at radius 3 is 2.09 bits per heavy atom. The molecule has 7 heteroatoms. The number of rotatable bonds is 5. The number of halogens is 3. The first-order chi connectivity index (χ1) is 10.8. The van der Waals surface area contributed by atoms with Gasteiger partial charge in [0.2, 0.25) is 6.54 Å². The standard InChI is InChI=1S/C16H13F3N2O2/c17-16(18,19)11-20-14(22)10-21-8-6-13(7-9-21)15(23)12-4-2-1-3-5-12/h1-9H,10-11H2/p+1. The van der Waals surface area contributed by atoms with E-state index in [0.717, 1.165) is 0 Å². The number of alkyl halides is 3. The molecule has 1 N–H and O–H groups in total. The van der Waals surface area contributed by atoms with Crippen molar-refractivity contribution in [2.24, 2.45) is 0 Å². The number of carbonyl (C=O) groups is 2. The van der Waals surface area contributed by atoms with Crippen LogP contribution >= 0.6 is 0 Å². The van der Waals surface area contributed by atoms with Gasteiger partial charge in [0, 0.05) is 23.3 Å². The van der Waals surface area contributed by atoms with E-state index in [2.05, 4.69) is 0 Å². The van der Waals surface area contributed by atoms with Gasteiger partial charge in [-0.2, -0.15) is 17.7 Å².